The van der Waals surface area contributed by atoms with E-state index >= 15 is 28.8 Å². The van der Waals surface area contributed by atoms with E-state index in [1.807, 2.05) is 41.5 Å². The molecule has 0 bridgehead atoms. The molecule has 105 heavy (non-hydrogen) atoms. The maximum atomic E-state index is 15.5. The van der Waals surface area contributed by atoms with Gasteiger partial charge >= 0.3 is 0 Å². The third-order valence-electron chi connectivity index (χ3n) is 19.2. The number of carbonyl (C=O) groups excluding carboxylic acids is 11. The van der Waals surface area contributed by atoms with Gasteiger partial charge in [0.15, 0.2) is 0 Å². The van der Waals surface area contributed by atoms with E-state index < -0.39 is 164 Å². The molecule has 7 N–H and O–H groups in total. The number of aliphatic hydroxyl groups excluding tert-OH is 3. The number of benzene rings is 2. The van der Waals surface area contributed by atoms with Gasteiger partial charge in [0, 0.05) is 86.4 Å². The quantitative estimate of drug-likeness (QED) is 0.0743. The zero-order chi connectivity index (χ0) is 78.7. The smallest absolute Gasteiger partial charge is 0.248 e. The highest BCUT2D eigenvalue weighted by Gasteiger charge is 2.43. The van der Waals surface area contributed by atoms with Gasteiger partial charge in [-0.2, -0.15) is 0 Å². The first kappa shape index (κ1) is 90.1. The minimum atomic E-state index is -1.71. The summed E-state index contributed by atoms with van der Waals surface area (Å²) in [7, 11) is 8.25. The molecule has 28 nitrogen and oxygen atoms in total. The van der Waals surface area contributed by atoms with E-state index in [1.54, 1.807) is 80.3 Å². The number of amides is 11. The molecule has 2 heterocycles. The Hall–Kier alpha value is -7.34. The summed E-state index contributed by atoms with van der Waals surface area (Å²) in [5.74, 6) is -9.17. The molecule has 2 aromatic rings. The van der Waals surface area contributed by atoms with Crippen LogP contribution in [0, 0.1) is 23.7 Å². The van der Waals surface area contributed by atoms with Gasteiger partial charge in [-0.15, -0.1) is 0 Å². The number of hydrogen-bond acceptors (Lipinski definition) is 17. The van der Waals surface area contributed by atoms with E-state index in [9.17, 15) is 39.3 Å². The molecule has 2 saturated heterocycles. The lowest BCUT2D eigenvalue weighted by Crippen LogP contribution is -2.62. The normalized spacial score (nSPS) is 24.6. The topological polar surface area (TPSA) is 341 Å². The summed E-state index contributed by atoms with van der Waals surface area (Å²) < 4.78 is 11.9. The number of nitrogens with zero attached hydrogens (tertiary/aromatic N) is 8. The van der Waals surface area contributed by atoms with Gasteiger partial charge in [-0.3, -0.25) is 57.6 Å². The predicted molar refractivity (Wildman–Crippen MR) is 399 cm³/mol. The third kappa shape index (κ3) is 28.4. The van der Waals surface area contributed by atoms with Crippen molar-refractivity contribution in [1.29, 1.82) is 0 Å². The second kappa shape index (κ2) is 44.1. The van der Waals surface area contributed by atoms with Crippen LogP contribution in [0.4, 0.5) is 0 Å². The van der Waals surface area contributed by atoms with Gasteiger partial charge in [0.1, 0.15) is 54.6 Å². The number of hydrogen-bond donors (Lipinski definition) is 7. The van der Waals surface area contributed by atoms with Crippen molar-refractivity contribution < 1.29 is 77.5 Å². The maximum Gasteiger partial charge on any atom is 0.248 e. The number of likely N-dealkylation sites (tertiary alicyclic amines) is 1. The van der Waals surface area contributed by atoms with E-state index in [2.05, 4.69) is 21.3 Å². The Morgan fingerprint density at radius 1 is 0.505 bits per heavy atom. The first-order valence-corrected chi connectivity index (χ1v) is 37.5. The van der Waals surface area contributed by atoms with Crippen LogP contribution >= 0.6 is 11.6 Å². The standard InChI is InChI=1S/C76H123ClN12O16/c1-18-31-89-43-66(94)84(14)63(39-53-26-21-19-22-27-53)75(102)87(17)60(36-49(6)7)69(96)79-57(45-104-34-30-47(2)3)72(99)85(15)59(35-48(4)5)68(95)78-56(74(101)88-32-23-20-24-33-88)41-64(92)82(12)42-65(93)83(13)62(40-54-28-25-29-55(77)38-54)70(97)80-58(46-105-44-51(10)90)73(100)86(16)61(37-50(8)9)71(98)81-67(52(11)91)76(89)103/h19,21-22,25-29,38,47-52,56-63,67,74,90-91,101H,18,20,23-24,30-37,39-46H2,1-17H3,(H,78,95)(H,79,96)(H,80,97)(H,81,98)/t51-,52+,56-,57-,58-,59-,60-,61-,62-,63-,67?,74?/m0/s1. The fourth-order valence-electron chi connectivity index (χ4n) is 12.8. The Labute approximate surface area is 627 Å². The number of piperidine rings is 1. The molecule has 2 fully saturated rings. The van der Waals surface area contributed by atoms with Crippen molar-refractivity contribution in [3.05, 3.63) is 70.7 Å². The fraction of sp³-hybridized carbons (Fsp3) is 0.697. The zero-order valence-electron chi connectivity index (χ0n) is 65.2. The Balaban J connectivity index is 2.01. The number of carbonyl (C=O) groups is 11. The average molecular weight is 1500 g/mol. The highest BCUT2D eigenvalue weighted by Crippen LogP contribution is 2.24. The van der Waals surface area contributed by atoms with Gasteiger partial charge in [-0.05, 0) is 106 Å². The fourth-order valence-corrected chi connectivity index (χ4v) is 13.0. The molecular formula is C76H123ClN12O16. The molecule has 12 atom stereocenters. The summed E-state index contributed by atoms with van der Waals surface area (Å²) in [5.41, 5.74) is 1.13. The van der Waals surface area contributed by atoms with Crippen LogP contribution in [0.1, 0.15) is 145 Å². The maximum absolute atomic E-state index is 15.5. The summed E-state index contributed by atoms with van der Waals surface area (Å²) in [6.07, 6.45) is -1.56. The molecule has 29 heteroatoms. The van der Waals surface area contributed by atoms with Crippen LogP contribution in [0.2, 0.25) is 5.02 Å². The summed E-state index contributed by atoms with van der Waals surface area (Å²) in [6, 6.07) is 2.58. The first-order valence-electron chi connectivity index (χ1n) is 37.2. The van der Waals surface area contributed by atoms with Crippen molar-refractivity contribution in [2.24, 2.45) is 23.7 Å². The highest BCUT2D eigenvalue weighted by molar-refractivity contribution is 6.30. The lowest BCUT2D eigenvalue weighted by molar-refractivity contribution is -0.151. The second-order valence-corrected chi connectivity index (χ2v) is 30.6. The van der Waals surface area contributed by atoms with E-state index in [4.69, 9.17) is 21.1 Å². The minimum absolute atomic E-state index is 0.0241. The van der Waals surface area contributed by atoms with Crippen LogP contribution in [-0.2, 0) is 75.1 Å². The largest absolute Gasteiger partial charge is 0.391 e. The van der Waals surface area contributed by atoms with Crippen LogP contribution in [-0.4, -0.2) is 294 Å². The molecule has 2 aliphatic heterocycles. The summed E-state index contributed by atoms with van der Waals surface area (Å²) in [5, 5.41) is 45.5. The van der Waals surface area contributed by atoms with Gasteiger partial charge in [0.05, 0.1) is 57.6 Å². The van der Waals surface area contributed by atoms with Crippen molar-refractivity contribution in [3.63, 3.8) is 0 Å². The lowest BCUT2D eigenvalue weighted by atomic mass is 9.98. The molecule has 2 aliphatic rings. The van der Waals surface area contributed by atoms with Crippen LogP contribution in [0.25, 0.3) is 0 Å². The zero-order valence-corrected chi connectivity index (χ0v) is 65.9. The average Bonchev–Trinajstić information content (AvgIpc) is 0.821. The monoisotopic (exact) mass is 1490 g/mol. The Morgan fingerprint density at radius 3 is 1.49 bits per heavy atom. The number of aliphatic hydroxyl groups is 3. The van der Waals surface area contributed by atoms with Crippen molar-refractivity contribution in [1.82, 2.24) is 60.5 Å². The number of rotatable bonds is 24. The molecule has 11 amide bonds. The van der Waals surface area contributed by atoms with Gasteiger partial charge in [-0.25, -0.2) is 0 Å². The SMILES string of the molecule is CCCN1CC(=O)N(C)[C@@H](Cc2ccccc2)C(=O)N(C)[C@@H](CC(C)C)C(=O)N[C@@H](COCCC(C)C)C(=O)N(C)[C@@H](CC(C)C)C(=O)N[C@H](C(O)N2CCCCC2)CC(=O)N(C)CC(=O)N(C)[C@@H](Cc2cccc(Cl)c2)C(=O)N[C@@H](COC[C@H](C)O)C(=O)N(C)[C@@H](CC(C)C)C(=O)NC([C@@H](C)O)C1=O. The van der Waals surface area contributed by atoms with Crippen molar-refractivity contribution in [3.8, 4) is 0 Å². The van der Waals surface area contributed by atoms with E-state index in [-0.39, 0.29) is 82.1 Å². The van der Waals surface area contributed by atoms with Crippen LogP contribution in [0.3, 0.4) is 0 Å². The van der Waals surface area contributed by atoms with Gasteiger partial charge in [0.25, 0.3) is 0 Å². The van der Waals surface area contributed by atoms with Gasteiger partial charge in [0.2, 0.25) is 65.0 Å². The summed E-state index contributed by atoms with van der Waals surface area (Å²) in [6.45, 7) is 18.0. The predicted octanol–water partition coefficient (Wildman–Crippen LogP) is 3.08. The number of ether oxygens (including phenoxy) is 2. The van der Waals surface area contributed by atoms with Crippen molar-refractivity contribution >= 4 is 76.6 Å². The van der Waals surface area contributed by atoms with Gasteiger partial charge < -0.3 is 80.4 Å². The van der Waals surface area contributed by atoms with Crippen LogP contribution in [0.15, 0.2) is 54.6 Å². The molecular weight excluding hydrogens is 1370 g/mol. The summed E-state index contributed by atoms with van der Waals surface area (Å²) in [4.78, 5) is 176. The number of nitrogens with one attached hydrogen (secondary N) is 4. The molecule has 2 unspecified atom stereocenters. The van der Waals surface area contributed by atoms with Crippen molar-refractivity contribution in [2.75, 3.05) is 101 Å². The number of halogens is 1. The second-order valence-electron chi connectivity index (χ2n) is 30.2. The van der Waals surface area contributed by atoms with Crippen molar-refractivity contribution in [2.45, 2.75) is 220 Å². The molecule has 0 spiro atoms. The first-order chi connectivity index (χ1) is 49.4. The van der Waals surface area contributed by atoms with Crippen LogP contribution < -0.4 is 21.3 Å². The highest BCUT2D eigenvalue weighted by atomic mass is 35.5. The van der Waals surface area contributed by atoms with Gasteiger partial charge in [-0.1, -0.05) is 123 Å². The molecule has 0 radical (unpaired) electrons. The molecule has 4 rings (SSSR count). The molecule has 0 saturated carbocycles. The molecule has 590 valence electrons. The lowest BCUT2D eigenvalue weighted by Gasteiger charge is -2.38. The van der Waals surface area contributed by atoms with E-state index in [0.29, 0.717) is 54.9 Å². The number of likely N-dealkylation sites (N-methyl/N-ethyl adjacent to an activating group) is 6. The Morgan fingerprint density at radius 2 is 0.981 bits per heavy atom. The Kier molecular flexibility index (Phi) is 37.8. The minimum Gasteiger partial charge on any atom is -0.391 e. The van der Waals surface area contributed by atoms with Crippen LogP contribution in [0.5, 0.6) is 0 Å². The molecule has 0 aromatic heterocycles. The third-order valence-corrected chi connectivity index (χ3v) is 19.4. The van der Waals surface area contributed by atoms with E-state index in [1.165, 1.54) is 70.8 Å². The molecule has 2 aromatic carbocycles. The molecule has 0 aliphatic carbocycles. The summed E-state index contributed by atoms with van der Waals surface area (Å²) >= 11 is 6.46. The van der Waals surface area contributed by atoms with E-state index in [0.717, 1.165) is 26.0 Å². The Bertz CT molecular complexity index is 3160.